The van der Waals surface area contributed by atoms with Crippen LogP contribution in [0.25, 0.3) is 0 Å². The number of rotatable bonds is 2. The number of hydrogen-bond acceptors (Lipinski definition) is 2. The molecule has 1 heterocycles. The lowest BCUT2D eigenvalue weighted by atomic mass is 9.98. The fraction of sp³-hybridized carbons (Fsp3) is 0.533. The SMILES string of the molecule is Cc1ccc(N(C)C(=O)C2CCCC(C)N2)cc1.Cl. The first kappa shape index (κ1) is 16.0. The minimum Gasteiger partial charge on any atom is -0.314 e. The minimum absolute atomic E-state index is 0. The number of amides is 1. The Balaban J connectivity index is 0.00000180. The number of piperidine rings is 1. The van der Waals surface area contributed by atoms with Crippen LogP contribution in [0.2, 0.25) is 0 Å². The summed E-state index contributed by atoms with van der Waals surface area (Å²) in [5.41, 5.74) is 2.18. The monoisotopic (exact) mass is 282 g/mol. The van der Waals surface area contributed by atoms with Crippen LogP contribution in [0, 0.1) is 6.92 Å². The maximum absolute atomic E-state index is 12.4. The maximum atomic E-state index is 12.4. The molecule has 106 valence electrons. The van der Waals surface area contributed by atoms with E-state index in [2.05, 4.69) is 19.2 Å². The number of likely N-dealkylation sites (N-methyl/N-ethyl adjacent to an activating group) is 1. The molecule has 2 rings (SSSR count). The normalized spacial score (nSPS) is 22.5. The number of carbonyl (C=O) groups excluding carboxylic acids is 1. The van der Waals surface area contributed by atoms with Gasteiger partial charge in [0.15, 0.2) is 0 Å². The lowest BCUT2D eigenvalue weighted by molar-refractivity contribution is -0.121. The van der Waals surface area contributed by atoms with Crippen LogP contribution in [0.3, 0.4) is 0 Å². The second-order valence-electron chi connectivity index (χ2n) is 5.28. The van der Waals surface area contributed by atoms with Gasteiger partial charge in [0.1, 0.15) is 0 Å². The largest absolute Gasteiger partial charge is 0.314 e. The Hall–Kier alpha value is -1.06. The third kappa shape index (κ3) is 3.95. The average molecular weight is 283 g/mol. The molecule has 1 aliphatic heterocycles. The lowest BCUT2D eigenvalue weighted by Crippen LogP contribution is -2.50. The van der Waals surface area contributed by atoms with Crippen molar-refractivity contribution >= 4 is 24.0 Å². The average Bonchev–Trinajstić information content (AvgIpc) is 2.38. The highest BCUT2D eigenvalue weighted by Crippen LogP contribution is 2.18. The number of benzene rings is 1. The zero-order valence-corrected chi connectivity index (χ0v) is 12.7. The third-order valence-electron chi connectivity index (χ3n) is 3.67. The molecular weight excluding hydrogens is 260 g/mol. The lowest BCUT2D eigenvalue weighted by Gasteiger charge is -2.31. The van der Waals surface area contributed by atoms with Crippen molar-refractivity contribution in [3.8, 4) is 0 Å². The van der Waals surface area contributed by atoms with Gasteiger partial charge in [-0.3, -0.25) is 4.79 Å². The van der Waals surface area contributed by atoms with Crippen molar-refractivity contribution in [2.45, 2.75) is 45.2 Å². The van der Waals surface area contributed by atoms with Gasteiger partial charge in [-0.05, 0) is 45.2 Å². The quantitative estimate of drug-likeness (QED) is 0.905. The number of aryl methyl sites for hydroxylation is 1. The smallest absolute Gasteiger partial charge is 0.243 e. The molecule has 0 saturated carbocycles. The van der Waals surface area contributed by atoms with Crippen LogP contribution in [-0.2, 0) is 4.79 Å². The molecule has 4 heteroatoms. The van der Waals surface area contributed by atoms with E-state index in [0.717, 1.165) is 24.9 Å². The second kappa shape index (κ2) is 6.92. The fourth-order valence-electron chi connectivity index (χ4n) is 2.46. The Morgan fingerprint density at radius 2 is 1.89 bits per heavy atom. The van der Waals surface area contributed by atoms with Crippen LogP contribution >= 0.6 is 12.4 Å². The maximum Gasteiger partial charge on any atom is 0.243 e. The van der Waals surface area contributed by atoms with Gasteiger partial charge < -0.3 is 10.2 Å². The van der Waals surface area contributed by atoms with Crippen molar-refractivity contribution in [1.82, 2.24) is 5.32 Å². The Kier molecular flexibility index (Phi) is 5.83. The summed E-state index contributed by atoms with van der Waals surface area (Å²) in [5.74, 6) is 0.172. The molecule has 1 saturated heterocycles. The summed E-state index contributed by atoms with van der Waals surface area (Å²) in [4.78, 5) is 14.2. The highest BCUT2D eigenvalue weighted by Gasteiger charge is 2.26. The molecule has 1 aromatic rings. The van der Waals surface area contributed by atoms with E-state index in [9.17, 15) is 4.79 Å². The van der Waals surface area contributed by atoms with Gasteiger partial charge in [-0.15, -0.1) is 12.4 Å². The Morgan fingerprint density at radius 1 is 1.26 bits per heavy atom. The van der Waals surface area contributed by atoms with E-state index in [1.165, 1.54) is 5.56 Å². The summed E-state index contributed by atoms with van der Waals surface area (Å²) in [7, 11) is 1.86. The van der Waals surface area contributed by atoms with E-state index in [1.54, 1.807) is 4.90 Å². The standard InChI is InChI=1S/C15H22N2O.ClH/c1-11-7-9-13(10-8-11)17(3)15(18)14-6-4-5-12(2)16-14;/h7-10,12,14,16H,4-6H2,1-3H3;1H. The molecule has 0 aliphatic carbocycles. The molecule has 1 N–H and O–H groups in total. The molecule has 0 bridgehead atoms. The molecule has 0 spiro atoms. The van der Waals surface area contributed by atoms with Gasteiger partial charge in [-0.1, -0.05) is 17.7 Å². The molecule has 0 aromatic heterocycles. The van der Waals surface area contributed by atoms with E-state index in [-0.39, 0.29) is 24.4 Å². The van der Waals surface area contributed by atoms with Crippen molar-refractivity contribution < 1.29 is 4.79 Å². The predicted octanol–water partition coefficient (Wildman–Crippen LogP) is 2.91. The van der Waals surface area contributed by atoms with Crippen molar-refractivity contribution in [3.05, 3.63) is 29.8 Å². The number of halogens is 1. The van der Waals surface area contributed by atoms with Gasteiger partial charge in [0.25, 0.3) is 0 Å². The fourth-order valence-corrected chi connectivity index (χ4v) is 2.46. The van der Waals surface area contributed by atoms with Gasteiger partial charge in [0.05, 0.1) is 6.04 Å². The van der Waals surface area contributed by atoms with Gasteiger partial charge in [-0.2, -0.15) is 0 Å². The van der Waals surface area contributed by atoms with E-state index >= 15 is 0 Å². The molecular formula is C15H23ClN2O. The zero-order valence-electron chi connectivity index (χ0n) is 11.8. The number of anilines is 1. The molecule has 3 nitrogen and oxygen atoms in total. The molecule has 1 fully saturated rings. The Morgan fingerprint density at radius 3 is 2.47 bits per heavy atom. The van der Waals surface area contributed by atoms with Crippen LogP contribution < -0.4 is 10.2 Å². The van der Waals surface area contributed by atoms with E-state index < -0.39 is 0 Å². The highest BCUT2D eigenvalue weighted by molar-refractivity contribution is 5.96. The van der Waals surface area contributed by atoms with Crippen LogP contribution in [0.1, 0.15) is 31.7 Å². The van der Waals surface area contributed by atoms with Gasteiger partial charge in [0, 0.05) is 18.8 Å². The highest BCUT2D eigenvalue weighted by atomic mass is 35.5. The van der Waals surface area contributed by atoms with Crippen molar-refractivity contribution in [2.24, 2.45) is 0 Å². The summed E-state index contributed by atoms with van der Waals surface area (Å²) in [6.07, 6.45) is 3.24. The second-order valence-corrected chi connectivity index (χ2v) is 5.28. The number of carbonyl (C=O) groups is 1. The van der Waals surface area contributed by atoms with Gasteiger partial charge >= 0.3 is 0 Å². The summed E-state index contributed by atoms with van der Waals surface area (Å²) in [6, 6.07) is 8.49. The Bertz CT molecular complexity index is 419. The van der Waals surface area contributed by atoms with Crippen LogP contribution in [-0.4, -0.2) is 25.0 Å². The summed E-state index contributed by atoms with van der Waals surface area (Å²) in [5, 5.41) is 3.39. The summed E-state index contributed by atoms with van der Waals surface area (Å²) in [6.45, 7) is 4.20. The molecule has 1 aromatic carbocycles. The molecule has 19 heavy (non-hydrogen) atoms. The van der Waals surface area contributed by atoms with Crippen molar-refractivity contribution in [2.75, 3.05) is 11.9 Å². The number of nitrogens with zero attached hydrogens (tertiary/aromatic N) is 1. The first-order chi connectivity index (χ1) is 8.58. The Labute approximate surface area is 121 Å². The summed E-state index contributed by atoms with van der Waals surface area (Å²) < 4.78 is 0. The van der Waals surface area contributed by atoms with Gasteiger partial charge in [0.2, 0.25) is 5.91 Å². The summed E-state index contributed by atoms with van der Waals surface area (Å²) >= 11 is 0. The minimum atomic E-state index is -0.0277. The molecule has 2 unspecified atom stereocenters. The first-order valence-electron chi connectivity index (χ1n) is 6.68. The van der Waals surface area contributed by atoms with Crippen LogP contribution in [0.4, 0.5) is 5.69 Å². The molecule has 2 atom stereocenters. The molecule has 1 amide bonds. The number of hydrogen-bond donors (Lipinski definition) is 1. The van der Waals surface area contributed by atoms with E-state index in [4.69, 9.17) is 0 Å². The predicted molar refractivity (Wildman–Crippen MR) is 82.1 cm³/mol. The van der Waals surface area contributed by atoms with Crippen LogP contribution in [0.15, 0.2) is 24.3 Å². The first-order valence-corrected chi connectivity index (χ1v) is 6.68. The van der Waals surface area contributed by atoms with Gasteiger partial charge in [-0.25, -0.2) is 0 Å². The van der Waals surface area contributed by atoms with E-state index in [0.29, 0.717) is 6.04 Å². The van der Waals surface area contributed by atoms with Crippen LogP contribution in [0.5, 0.6) is 0 Å². The van der Waals surface area contributed by atoms with Crippen molar-refractivity contribution in [1.29, 1.82) is 0 Å². The van der Waals surface area contributed by atoms with Crippen molar-refractivity contribution in [3.63, 3.8) is 0 Å². The molecule has 1 aliphatic rings. The molecule has 0 radical (unpaired) electrons. The topological polar surface area (TPSA) is 32.3 Å². The number of nitrogens with one attached hydrogen (secondary N) is 1. The third-order valence-corrected chi connectivity index (χ3v) is 3.67. The zero-order chi connectivity index (χ0) is 13.1. The van der Waals surface area contributed by atoms with E-state index in [1.807, 2.05) is 31.3 Å².